The molecule has 0 amide bonds. The van der Waals surface area contributed by atoms with E-state index < -0.39 is 0 Å². The molecule has 0 radical (unpaired) electrons. The lowest BCUT2D eigenvalue weighted by atomic mass is 10.1. The number of hydrogen-bond acceptors (Lipinski definition) is 3. The van der Waals surface area contributed by atoms with Crippen molar-refractivity contribution in [2.24, 2.45) is 7.05 Å². The first-order valence-corrected chi connectivity index (χ1v) is 6.28. The highest BCUT2D eigenvalue weighted by Crippen LogP contribution is 2.09. The highest BCUT2D eigenvalue weighted by molar-refractivity contribution is 5.69. The predicted molar refractivity (Wildman–Crippen MR) is 72.9 cm³/mol. The monoisotopic (exact) mass is 272 g/mol. The molecule has 1 aromatic carbocycles. The quantitative estimate of drug-likeness (QED) is 0.787. The van der Waals surface area contributed by atoms with Gasteiger partial charge in [-0.2, -0.15) is 0 Å². The number of nitrogens with one attached hydrogen (secondary N) is 1. The number of fused-ring (bicyclic) bond motifs is 1. The number of aromatic amines is 1. The van der Waals surface area contributed by atoms with Crippen LogP contribution in [-0.4, -0.2) is 19.5 Å². The first kappa shape index (κ1) is 12.5. The summed E-state index contributed by atoms with van der Waals surface area (Å²) in [5, 5.41) is 0. The maximum Gasteiger partial charge on any atom is 0.327 e. The van der Waals surface area contributed by atoms with Crippen LogP contribution in [0.1, 0.15) is 11.4 Å². The maximum atomic E-state index is 13.1. The summed E-state index contributed by atoms with van der Waals surface area (Å²) in [5.74, 6) is 0.384. The molecule has 0 bridgehead atoms. The van der Waals surface area contributed by atoms with Gasteiger partial charge in [-0.1, -0.05) is 12.1 Å². The second-order valence-corrected chi connectivity index (χ2v) is 4.64. The van der Waals surface area contributed by atoms with Crippen molar-refractivity contribution in [3.63, 3.8) is 0 Å². The third-order valence-corrected chi connectivity index (χ3v) is 3.24. The van der Waals surface area contributed by atoms with E-state index in [0.717, 1.165) is 5.56 Å². The number of rotatable bonds is 3. The standard InChI is InChI=1S/C14H13FN4O/c1-19-11-8-16-12(17-13(11)18-14(19)20)6-5-9-3-2-4-10(15)7-9/h2-4,7-8H,5-6H2,1H3,(H,16,17,18,20). The van der Waals surface area contributed by atoms with E-state index in [2.05, 4.69) is 15.0 Å². The Labute approximate surface area is 114 Å². The van der Waals surface area contributed by atoms with Crippen LogP contribution in [-0.2, 0) is 19.9 Å². The minimum absolute atomic E-state index is 0.211. The molecule has 0 aliphatic heterocycles. The minimum Gasteiger partial charge on any atom is -0.292 e. The molecule has 20 heavy (non-hydrogen) atoms. The second-order valence-electron chi connectivity index (χ2n) is 4.64. The maximum absolute atomic E-state index is 13.1. The predicted octanol–water partition coefficient (Wildman–Crippen LogP) is 1.58. The van der Waals surface area contributed by atoms with E-state index in [1.54, 1.807) is 19.3 Å². The van der Waals surface area contributed by atoms with Gasteiger partial charge in [0.05, 0.1) is 6.20 Å². The van der Waals surface area contributed by atoms with Crippen LogP contribution in [0.2, 0.25) is 0 Å². The average Bonchev–Trinajstić information content (AvgIpc) is 2.72. The van der Waals surface area contributed by atoms with Crippen LogP contribution < -0.4 is 5.69 Å². The van der Waals surface area contributed by atoms with Crippen molar-refractivity contribution in [2.45, 2.75) is 12.8 Å². The van der Waals surface area contributed by atoms with Crippen LogP contribution in [0, 0.1) is 5.82 Å². The first-order valence-electron chi connectivity index (χ1n) is 6.28. The Bertz CT molecular complexity index is 821. The van der Waals surface area contributed by atoms with Gasteiger partial charge >= 0.3 is 5.69 Å². The molecule has 3 aromatic rings. The lowest BCUT2D eigenvalue weighted by Crippen LogP contribution is -2.11. The average molecular weight is 272 g/mol. The molecule has 0 saturated heterocycles. The van der Waals surface area contributed by atoms with E-state index in [-0.39, 0.29) is 11.5 Å². The smallest absolute Gasteiger partial charge is 0.292 e. The van der Waals surface area contributed by atoms with Gasteiger partial charge in [0.15, 0.2) is 5.65 Å². The lowest BCUT2D eigenvalue weighted by molar-refractivity contribution is 0.625. The number of imidazole rings is 1. The zero-order valence-corrected chi connectivity index (χ0v) is 10.9. The highest BCUT2D eigenvalue weighted by atomic mass is 19.1. The lowest BCUT2D eigenvalue weighted by Gasteiger charge is -2.01. The van der Waals surface area contributed by atoms with Gasteiger partial charge in [-0.3, -0.25) is 9.55 Å². The van der Waals surface area contributed by atoms with E-state index in [4.69, 9.17) is 0 Å². The van der Waals surface area contributed by atoms with Gasteiger partial charge in [0.1, 0.15) is 17.2 Å². The molecule has 2 aromatic heterocycles. The van der Waals surface area contributed by atoms with Crippen LogP contribution in [0.4, 0.5) is 4.39 Å². The summed E-state index contributed by atoms with van der Waals surface area (Å²) in [6.45, 7) is 0. The SMILES string of the molecule is Cn1c(=O)[nH]c2nc(CCc3cccc(F)c3)ncc21. The fourth-order valence-corrected chi connectivity index (χ4v) is 2.11. The Kier molecular flexibility index (Phi) is 3.06. The van der Waals surface area contributed by atoms with Gasteiger partial charge in [-0.15, -0.1) is 0 Å². The molecule has 102 valence electrons. The summed E-state index contributed by atoms with van der Waals surface area (Å²) < 4.78 is 14.5. The summed E-state index contributed by atoms with van der Waals surface area (Å²) in [6, 6.07) is 6.47. The molecule has 0 saturated carbocycles. The van der Waals surface area contributed by atoms with Crippen LogP contribution in [0.5, 0.6) is 0 Å². The molecule has 0 aliphatic carbocycles. The second kappa shape index (κ2) is 4.88. The third-order valence-electron chi connectivity index (χ3n) is 3.24. The summed E-state index contributed by atoms with van der Waals surface area (Å²) >= 11 is 0. The van der Waals surface area contributed by atoms with Crippen molar-refractivity contribution in [1.82, 2.24) is 19.5 Å². The molecule has 0 unspecified atom stereocenters. The number of H-pyrrole nitrogens is 1. The number of nitrogens with zero attached hydrogens (tertiary/aromatic N) is 3. The number of aryl methyl sites for hydroxylation is 3. The van der Waals surface area contributed by atoms with E-state index >= 15 is 0 Å². The number of benzene rings is 1. The first-order chi connectivity index (χ1) is 9.63. The van der Waals surface area contributed by atoms with E-state index in [1.807, 2.05) is 6.07 Å². The third kappa shape index (κ3) is 2.32. The van der Waals surface area contributed by atoms with Crippen LogP contribution in [0.15, 0.2) is 35.3 Å². The molecule has 0 atom stereocenters. The van der Waals surface area contributed by atoms with Gasteiger partial charge in [-0.05, 0) is 24.1 Å². The summed E-state index contributed by atoms with van der Waals surface area (Å²) in [6.07, 6.45) is 2.87. The summed E-state index contributed by atoms with van der Waals surface area (Å²) in [4.78, 5) is 22.7. The van der Waals surface area contributed by atoms with E-state index in [1.165, 1.54) is 16.7 Å². The van der Waals surface area contributed by atoms with Gasteiger partial charge in [0.25, 0.3) is 0 Å². The van der Waals surface area contributed by atoms with Crippen LogP contribution >= 0.6 is 0 Å². The molecule has 6 heteroatoms. The van der Waals surface area contributed by atoms with Crippen molar-refractivity contribution in [3.05, 3.63) is 58.2 Å². The normalized spacial score (nSPS) is 11.1. The van der Waals surface area contributed by atoms with Crippen molar-refractivity contribution in [2.75, 3.05) is 0 Å². The van der Waals surface area contributed by atoms with Gasteiger partial charge in [0.2, 0.25) is 0 Å². The van der Waals surface area contributed by atoms with Crippen molar-refractivity contribution >= 4 is 11.2 Å². The van der Waals surface area contributed by atoms with Gasteiger partial charge < -0.3 is 0 Å². The molecule has 0 aliphatic rings. The molecular formula is C14H13FN4O. The van der Waals surface area contributed by atoms with Crippen molar-refractivity contribution < 1.29 is 4.39 Å². The molecular weight excluding hydrogens is 259 g/mol. The fraction of sp³-hybridized carbons (Fsp3) is 0.214. The zero-order valence-electron chi connectivity index (χ0n) is 10.9. The topological polar surface area (TPSA) is 63.6 Å². The molecule has 3 rings (SSSR count). The van der Waals surface area contributed by atoms with E-state index in [9.17, 15) is 9.18 Å². The largest absolute Gasteiger partial charge is 0.327 e. The van der Waals surface area contributed by atoms with Crippen molar-refractivity contribution in [1.29, 1.82) is 0 Å². The fourth-order valence-electron chi connectivity index (χ4n) is 2.11. The Balaban J connectivity index is 1.83. The molecule has 2 heterocycles. The summed E-state index contributed by atoms with van der Waals surface area (Å²) in [5.41, 5.74) is 1.89. The molecule has 1 N–H and O–H groups in total. The Hall–Kier alpha value is -2.50. The van der Waals surface area contributed by atoms with Crippen LogP contribution in [0.25, 0.3) is 11.2 Å². The van der Waals surface area contributed by atoms with Gasteiger partial charge in [-0.25, -0.2) is 19.2 Å². The minimum atomic E-state index is -0.244. The Morgan fingerprint density at radius 3 is 3.00 bits per heavy atom. The highest BCUT2D eigenvalue weighted by Gasteiger charge is 2.07. The Morgan fingerprint density at radius 1 is 1.35 bits per heavy atom. The molecule has 5 nitrogen and oxygen atoms in total. The number of halogens is 1. The van der Waals surface area contributed by atoms with E-state index in [0.29, 0.717) is 29.8 Å². The zero-order chi connectivity index (χ0) is 14.1. The molecule has 0 spiro atoms. The number of hydrogen-bond donors (Lipinski definition) is 1. The summed E-state index contributed by atoms with van der Waals surface area (Å²) in [7, 11) is 1.66. The molecule has 0 fully saturated rings. The number of aromatic nitrogens is 4. The van der Waals surface area contributed by atoms with Gasteiger partial charge in [0, 0.05) is 13.5 Å². The van der Waals surface area contributed by atoms with Crippen LogP contribution in [0.3, 0.4) is 0 Å². The Morgan fingerprint density at radius 2 is 2.20 bits per heavy atom. The van der Waals surface area contributed by atoms with Crippen molar-refractivity contribution in [3.8, 4) is 0 Å².